The van der Waals surface area contributed by atoms with Crippen LogP contribution in [0.5, 0.6) is 5.75 Å². The Balaban J connectivity index is 1.14. The van der Waals surface area contributed by atoms with E-state index < -0.39 is 0 Å². The lowest BCUT2D eigenvalue weighted by molar-refractivity contribution is -0.116. The van der Waals surface area contributed by atoms with Gasteiger partial charge < -0.3 is 19.6 Å². The van der Waals surface area contributed by atoms with Crippen LogP contribution in [0.3, 0.4) is 0 Å². The Hall–Kier alpha value is -4.53. The zero-order valence-corrected chi connectivity index (χ0v) is 19.6. The SMILES string of the molecule is COc1ccc(-c2noc(CCCC(=O)Nc3ccc4nc(Cc5ccccc5F)[nH]c4c3)n2)cc1. The molecule has 0 unspecified atom stereocenters. The van der Waals surface area contributed by atoms with Gasteiger partial charge in [0, 0.05) is 30.5 Å². The minimum Gasteiger partial charge on any atom is -0.497 e. The summed E-state index contributed by atoms with van der Waals surface area (Å²) in [4.78, 5) is 24.6. The van der Waals surface area contributed by atoms with E-state index >= 15 is 0 Å². The maximum atomic E-state index is 13.9. The van der Waals surface area contributed by atoms with E-state index in [0.29, 0.717) is 54.5 Å². The highest BCUT2D eigenvalue weighted by atomic mass is 19.1. The molecule has 0 spiro atoms. The standard InChI is InChI=1S/C27H24FN5O3/c1-35-20-12-9-17(10-13-20)27-32-26(36-33-27)8-4-7-25(34)29-19-11-14-22-23(16-19)31-24(30-22)15-18-5-2-3-6-21(18)28/h2-3,5-6,9-14,16H,4,7-8,15H2,1H3,(H,29,34)(H,30,31). The van der Waals surface area contributed by atoms with Crippen LogP contribution in [-0.2, 0) is 17.6 Å². The lowest BCUT2D eigenvalue weighted by Gasteiger charge is -2.04. The van der Waals surface area contributed by atoms with Gasteiger partial charge in [-0.15, -0.1) is 0 Å². The third kappa shape index (κ3) is 5.41. The summed E-state index contributed by atoms with van der Waals surface area (Å²) < 4.78 is 24.4. The number of carbonyl (C=O) groups excluding carboxylic acids is 1. The molecule has 0 bridgehead atoms. The number of hydrogen-bond donors (Lipinski definition) is 2. The van der Waals surface area contributed by atoms with Crippen molar-refractivity contribution >= 4 is 22.6 Å². The number of aromatic amines is 1. The Morgan fingerprint density at radius 1 is 1.08 bits per heavy atom. The molecule has 2 N–H and O–H groups in total. The first-order valence-electron chi connectivity index (χ1n) is 11.6. The Kier molecular flexibility index (Phi) is 6.70. The summed E-state index contributed by atoms with van der Waals surface area (Å²) in [5, 5.41) is 6.92. The number of H-pyrrole nitrogens is 1. The summed E-state index contributed by atoms with van der Waals surface area (Å²) in [6.07, 6.45) is 1.73. The topological polar surface area (TPSA) is 106 Å². The number of benzene rings is 3. The van der Waals surface area contributed by atoms with E-state index in [2.05, 4.69) is 25.4 Å². The molecule has 5 aromatic rings. The third-order valence-corrected chi connectivity index (χ3v) is 5.74. The number of ether oxygens (including phenoxy) is 1. The zero-order chi connectivity index (χ0) is 24.9. The van der Waals surface area contributed by atoms with Crippen molar-refractivity contribution in [3.05, 3.63) is 89.8 Å². The molecule has 0 fully saturated rings. The summed E-state index contributed by atoms with van der Waals surface area (Å²) >= 11 is 0. The molecular formula is C27H24FN5O3. The minimum absolute atomic E-state index is 0.115. The molecule has 0 radical (unpaired) electrons. The first kappa shape index (κ1) is 23.2. The lowest BCUT2D eigenvalue weighted by atomic mass is 10.1. The normalized spacial score (nSPS) is 11.1. The molecule has 0 saturated carbocycles. The molecule has 0 saturated heterocycles. The summed E-state index contributed by atoms with van der Waals surface area (Å²) in [6, 6.07) is 19.5. The van der Waals surface area contributed by atoms with Gasteiger partial charge in [0.25, 0.3) is 0 Å². The second-order valence-electron chi connectivity index (χ2n) is 8.33. The predicted octanol–water partition coefficient (Wildman–Crippen LogP) is 5.31. The van der Waals surface area contributed by atoms with Crippen LogP contribution in [0.15, 0.2) is 71.3 Å². The van der Waals surface area contributed by atoms with Gasteiger partial charge in [-0.2, -0.15) is 4.98 Å². The van der Waals surface area contributed by atoms with Crippen LogP contribution in [0, 0.1) is 5.82 Å². The molecule has 3 aromatic carbocycles. The Labute approximate surface area is 206 Å². The van der Waals surface area contributed by atoms with Crippen molar-refractivity contribution in [2.45, 2.75) is 25.7 Å². The van der Waals surface area contributed by atoms with Crippen LogP contribution in [0.4, 0.5) is 10.1 Å². The van der Waals surface area contributed by atoms with Gasteiger partial charge in [0.2, 0.25) is 17.6 Å². The average molecular weight is 486 g/mol. The number of rotatable bonds is 9. The van der Waals surface area contributed by atoms with E-state index in [4.69, 9.17) is 9.26 Å². The van der Waals surface area contributed by atoms with Crippen molar-refractivity contribution in [1.29, 1.82) is 0 Å². The van der Waals surface area contributed by atoms with E-state index in [1.807, 2.05) is 36.4 Å². The summed E-state index contributed by atoms with van der Waals surface area (Å²) in [6.45, 7) is 0. The average Bonchev–Trinajstić information content (AvgIpc) is 3.52. The van der Waals surface area contributed by atoms with E-state index in [1.54, 1.807) is 31.4 Å². The third-order valence-electron chi connectivity index (χ3n) is 5.74. The predicted molar refractivity (Wildman–Crippen MR) is 133 cm³/mol. The number of nitrogens with one attached hydrogen (secondary N) is 2. The zero-order valence-electron chi connectivity index (χ0n) is 19.6. The van der Waals surface area contributed by atoms with Crippen molar-refractivity contribution in [1.82, 2.24) is 20.1 Å². The second kappa shape index (κ2) is 10.4. The van der Waals surface area contributed by atoms with Gasteiger partial charge in [0.1, 0.15) is 17.4 Å². The largest absolute Gasteiger partial charge is 0.497 e. The maximum absolute atomic E-state index is 13.9. The number of fused-ring (bicyclic) bond motifs is 1. The summed E-state index contributed by atoms with van der Waals surface area (Å²) in [5.74, 6) is 2.02. The molecule has 9 heteroatoms. The van der Waals surface area contributed by atoms with Gasteiger partial charge in [-0.1, -0.05) is 23.4 Å². The van der Waals surface area contributed by atoms with Gasteiger partial charge in [-0.3, -0.25) is 4.79 Å². The summed E-state index contributed by atoms with van der Waals surface area (Å²) in [7, 11) is 1.61. The van der Waals surface area contributed by atoms with E-state index in [0.717, 1.165) is 22.3 Å². The molecule has 1 amide bonds. The van der Waals surface area contributed by atoms with Gasteiger partial charge in [-0.05, 0) is 60.5 Å². The van der Waals surface area contributed by atoms with Crippen molar-refractivity contribution in [3.63, 3.8) is 0 Å². The van der Waals surface area contributed by atoms with E-state index in [9.17, 15) is 9.18 Å². The van der Waals surface area contributed by atoms with E-state index in [-0.39, 0.29) is 11.7 Å². The van der Waals surface area contributed by atoms with Gasteiger partial charge >= 0.3 is 0 Å². The quantitative estimate of drug-likeness (QED) is 0.293. The Morgan fingerprint density at radius 2 is 1.92 bits per heavy atom. The van der Waals surface area contributed by atoms with Crippen LogP contribution in [-0.4, -0.2) is 33.1 Å². The van der Waals surface area contributed by atoms with Crippen LogP contribution in [0.2, 0.25) is 0 Å². The summed E-state index contributed by atoms with van der Waals surface area (Å²) in [5.41, 5.74) is 3.59. The molecule has 36 heavy (non-hydrogen) atoms. The van der Waals surface area contributed by atoms with Crippen molar-refractivity contribution in [2.24, 2.45) is 0 Å². The number of nitrogens with zero attached hydrogens (tertiary/aromatic N) is 3. The molecule has 2 heterocycles. The molecular weight excluding hydrogens is 461 g/mol. The number of aryl methyl sites for hydroxylation is 1. The van der Waals surface area contributed by atoms with Crippen LogP contribution < -0.4 is 10.1 Å². The van der Waals surface area contributed by atoms with Crippen molar-refractivity contribution in [2.75, 3.05) is 12.4 Å². The number of carbonyl (C=O) groups is 1. The molecule has 8 nitrogen and oxygen atoms in total. The number of imidazole rings is 1. The Bertz CT molecular complexity index is 1490. The highest BCUT2D eigenvalue weighted by Gasteiger charge is 2.11. The molecule has 182 valence electrons. The van der Waals surface area contributed by atoms with Gasteiger partial charge in [0.15, 0.2) is 0 Å². The molecule has 5 rings (SSSR count). The fourth-order valence-electron chi connectivity index (χ4n) is 3.88. The number of hydrogen-bond acceptors (Lipinski definition) is 6. The number of amides is 1. The van der Waals surface area contributed by atoms with E-state index in [1.165, 1.54) is 6.07 Å². The molecule has 0 aliphatic carbocycles. The molecule has 2 aromatic heterocycles. The second-order valence-corrected chi connectivity index (χ2v) is 8.33. The number of aromatic nitrogens is 4. The highest BCUT2D eigenvalue weighted by Crippen LogP contribution is 2.21. The first-order valence-corrected chi connectivity index (χ1v) is 11.6. The molecule has 0 atom stereocenters. The van der Waals surface area contributed by atoms with Crippen molar-refractivity contribution in [3.8, 4) is 17.1 Å². The van der Waals surface area contributed by atoms with Crippen LogP contribution in [0.25, 0.3) is 22.4 Å². The van der Waals surface area contributed by atoms with Crippen LogP contribution in [0.1, 0.15) is 30.1 Å². The fraction of sp³-hybridized carbons (Fsp3) is 0.185. The molecule has 0 aliphatic rings. The number of anilines is 1. The molecule has 0 aliphatic heterocycles. The monoisotopic (exact) mass is 485 g/mol. The first-order chi connectivity index (χ1) is 17.6. The smallest absolute Gasteiger partial charge is 0.226 e. The van der Waals surface area contributed by atoms with Crippen molar-refractivity contribution < 1.29 is 18.4 Å². The highest BCUT2D eigenvalue weighted by molar-refractivity contribution is 5.93. The van der Waals surface area contributed by atoms with Gasteiger partial charge in [0.05, 0.1) is 18.1 Å². The lowest BCUT2D eigenvalue weighted by Crippen LogP contribution is -2.11. The fourth-order valence-corrected chi connectivity index (χ4v) is 3.88. The van der Waals surface area contributed by atoms with Crippen LogP contribution >= 0.6 is 0 Å². The number of halogens is 1. The number of methoxy groups -OCH3 is 1. The Morgan fingerprint density at radius 3 is 2.72 bits per heavy atom. The minimum atomic E-state index is -0.261. The van der Waals surface area contributed by atoms with Gasteiger partial charge in [-0.25, -0.2) is 9.37 Å². The maximum Gasteiger partial charge on any atom is 0.226 e.